The highest BCUT2D eigenvalue weighted by atomic mass is 35.5. The standard InChI is InChI=1S/C17H19Cl3O6/c1-5-8(2)17(3,4)7-25-15(23)11-12(20)9(18)6-10(19)13(11)26-16(24)14(21)22/h6,8H,5,7H2,1-4H3,(H,21,22). The third-order valence-electron chi connectivity index (χ3n) is 4.22. The average Bonchev–Trinajstić information content (AvgIpc) is 2.56. The zero-order chi connectivity index (χ0) is 20.2. The second-order valence-corrected chi connectivity index (χ2v) is 7.62. The summed E-state index contributed by atoms with van der Waals surface area (Å²) in [6.07, 6.45) is 0.885. The summed E-state index contributed by atoms with van der Waals surface area (Å²) < 4.78 is 9.99. The van der Waals surface area contributed by atoms with E-state index in [1.165, 1.54) is 0 Å². The number of carbonyl (C=O) groups excluding carboxylic acids is 2. The van der Waals surface area contributed by atoms with Crippen molar-refractivity contribution in [1.82, 2.24) is 0 Å². The fourth-order valence-corrected chi connectivity index (χ4v) is 2.73. The smallest absolute Gasteiger partial charge is 0.422 e. The van der Waals surface area contributed by atoms with Gasteiger partial charge >= 0.3 is 17.9 Å². The Morgan fingerprint density at radius 2 is 1.77 bits per heavy atom. The van der Waals surface area contributed by atoms with Gasteiger partial charge in [0.15, 0.2) is 5.75 Å². The van der Waals surface area contributed by atoms with Crippen LogP contribution < -0.4 is 4.74 Å². The minimum atomic E-state index is -1.86. The summed E-state index contributed by atoms with van der Waals surface area (Å²) in [7, 11) is 0. The number of carboxylic acids is 1. The van der Waals surface area contributed by atoms with Crippen molar-refractivity contribution in [2.24, 2.45) is 11.3 Å². The summed E-state index contributed by atoms with van der Waals surface area (Å²) >= 11 is 17.9. The van der Waals surface area contributed by atoms with Crippen molar-refractivity contribution in [2.75, 3.05) is 6.61 Å². The number of hydrogen-bond acceptors (Lipinski definition) is 5. The SMILES string of the molecule is CCC(C)C(C)(C)COC(=O)c1c(Cl)c(Cl)cc(Cl)c1OC(=O)C(=O)O. The molecule has 1 atom stereocenters. The van der Waals surface area contributed by atoms with Gasteiger partial charge < -0.3 is 14.6 Å². The lowest BCUT2D eigenvalue weighted by atomic mass is 9.79. The first kappa shape index (κ1) is 22.5. The summed E-state index contributed by atoms with van der Waals surface area (Å²) in [6.45, 7) is 7.98. The molecule has 1 aromatic rings. The maximum atomic E-state index is 12.5. The normalized spacial score (nSPS) is 12.4. The lowest BCUT2D eigenvalue weighted by Gasteiger charge is -2.30. The summed E-state index contributed by atoms with van der Waals surface area (Å²) in [5.41, 5.74) is -0.726. The Labute approximate surface area is 166 Å². The van der Waals surface area contributed by atoms with E-state index >= 15 is 0 Å². The Balaban J connectivity index is 3.22. The first-order chi connectivity index (χ1) is 11.9. The first-order valence-electron chi connectivity index (χ1n) is 7.72. The predicted octanol–water partition coefficient (Wildman–Crippen LogP) is 4.87. The van der Waals surface area contributed by atoms with E-state index in [0.29, 0.717) is 0 Å². The minimum Gasteiger partial charge on any atom is -0.473 e. The van der Waals surface area contributed by atoms with Crippen LogP contribution in [0.1, 0.15) is 44.5 Å². The Morgan fingerprint density at radius 3 is 2.27 bits per heavy atom. The Morgan fingerprint density at radius 1 is 1.19 bits per heavy atom. The zero-order valence-corrected chi connectivity index (χ0v) is 17.0. The van der Waals surface area contributed by atoms with Gasteiger partial charge in [-0.2, -0.15) is 0 Å². The van der Waals surface area contributed by atoms with Gasteiger partial charge in [0.1, 0.15) is 5.56 Å². The van der Waals surface area contributed by atoms with E-state index in [1.807, 2.05) is 27.7 Å². The predicted molar refractivity (Wildman–Crippen MR) is 98.3 cm³/mol. The number of hydrogen-bond donors (Lipinski definition) is 1. The molecule has 9 heteroatoms. The lowest BCUT2D eigenvalue weighted by Crippen LogP contribution is -2.29. The molecule has 0 aromatic heterocycles. The highest BCUT2D eigenvalue weighted by Gasteiger charge is 2.31. The third kappa shape index (κ3) is 5.25. The van der Waals surface area contributed by atoms with Gasteiger partial charge in [-0.05, 0) is 12.0 Å². The van der Waals surface area contributed by atoms with Crippen LogP contribution in [0.15, 0.2) is 6.07 Å². The van der Waals surface area contributed by atoms with Gasteiger partial charge in [-0.15, -0.1) is 0 Å². The number of carboxylic acid groups (broad SMARTS) is 1. The van der Waals surface area contributed by atoms with Crippen LogP contribution in [0, 0.1) is 11.3 Å². The number of carbonyl (C=O) groups is 3. The van der Waals surface area contributed by atoms with Crippen molar-refractivity contribution in [3.63, 3.8) is 0 Å². The first-order valence-corrected chi connectivity index (χ1v) is 8.85. The van der Waals surface area contributed by atoms with Crippen molar-refractivity contribution in [1.29, 1.82) is 0 Å². The van der Waals surface area contributed by atoms with E-state index in [9.17, 15) is 14.4 Å². The van der Waals surface area contributed by atoms with Crippen LogP contribution in [0.4, 0.5) is 0 Å². The van der Waals surface area contributed by atoms with Crippen molar-refractivity contribution in [3.8, 4) is 5.75 Å². The second-order valence-electron chi connectivity index (χ2n) is 6.43. The summed E-state index contributed by atoms with van der Waals surface area (Å²) in [5.74, 6) is -4.66. The van der Waals surface area contributed by atoms with E-state index in [2.05, 4.69) is 4.74 Å². The number of halogens is 3. The van der Waals surface area contributed by atoms with Gasteiger partial charge in [0, 0.05) is 5.41 Å². The Hall–Kier alpha value is -1.50. The maximum Gasteiger partial charge on any atom is 0.422 e. The lowest BCUT2D eigenvalue weighted by molar-refractivity contribution is -0.158. The molecule has 0 amide bonds. The van der Waals surface area contributed by atoms with Crippen LogP contribution in [-0.4, -0.2) is 29.6 Å². The minimum absolute atomic E-state index is 0.0631. The molecule has 0 heterocycles. The van der Waals surface area contributed by atoms with Crippen LogP contribution in [0.2, 0.25) is 15.1 Å². The van der Waals surface area contributed by atoms with E-state index in [1.54, 1.807) is 0 Å². The highest BCUT2D eigenvalue weighted by molar-refractivity contribution is 6.46. The van der Waals surface area contributed by atoms with E-state index in [-0.39, 0.29) is 33.0 Å². The monoisotopic (exact) mass is 424 g/mol. The molecule has 0 aliphatic heterocycles. The molecule has 0 fully saturated rings. The average molecular weight is 426 g/mol. The van der Waals surface area contributed by atoms with Gasteiger partial charge in [-0.25, -0.2) is 14.4 Å². The zero-order valence-electron chi connectivity index (χ0n) is 14.7. The van der Waals surface area contributed by atoms with Crippen molar-refractivity contribution >= 4 is 52.7 Å². The molecule has 6 nitrogen and oxygen atoms in total. The van der Waals surface area contributed by atoms with Gasteiger partial charge in [0.25, 0.3) is 0 Å². The number of esters is 2. The van der Waals surface area contributed by atoms with Crippen LogP contribution in [0.5, 0.6) is 5.75 Å². The number of ether oxygens (including phenoxy) is 2. The second kappa shape index (κ2) is 8.93. The van der Waals surface area contributed by atoms with E-state index in [0.717, 1.165) is 12.5 Å². The summed E-state index contributed by atoms with van der Waals surface area (Å²) in [6, 6.07) is 1.13. The molecule has 144 valence electrons. The van der Waals surface area contributed by atoms with Crippen LogP contribution in [-0.2, 0) is 14.3 Å². The van der Waals surface area contributed by atoms with Crippen molar-refractivity contribution in [3.05, 3.63) is 26.7 Å². The van der Waals surface area contributed by atoms with Gasteiger partial charge in [-0.1, -0.05) is 68.9 Å². The van der Waals surface area contributed by atoms with Gasteiger partial charge in [-0.3, -0.25) is 0 Å². The number of aliphatic carboxylic acids is 1. The molecule has 1 rings (SSSR count). The number of benzene rings is 1. The third-order valence-corrected chi connectivity index (χ3v) is 5.29. The molecular formula is C17H19Cl3O6. The van der Waals surface area contributed by atoms with Crippen LogP contribution in [0.3, 0.4) is 0 Å². The number of rotatable bonds is 6. The molecule has 0 bridgehead atoms. The molecule has 0 aliphatic carbocycles. The molecular weight excluding hydrogens is 407 g/mol. The molecule has 1 unspecified atom stereocenters. The van der Waals surface area contributed by atoms with Crippen LogP contribution >= 0.6 is 34.8 Å². The fourth-order valence-electron chi connectivity index (χ4n) is 2.02. The van der Waals surface area contributed by atoms with Gasteiger partial charge in [0.2, 0.25) is 0 Å². The highest BCUT2D eigenvalue weighted by Crippen LogP contribution is 2.40. The molecule has 1 N–H and O–H groups in total. The molecule has 1 aromatic carbocycles. The Kier molecular flexibility index (Phi) is 7.74. The van der Waals surface area contributed by atoms with Crippen molar-refractivity contribution in [2.45, 2.75) is 34.1 Å². The van der Waals surface area contributed by atoms with Gasteiger partial charge in [0.05, 0.1) is 21.7 Å². The molecule has 0 spiro atoms. The molecule has 26 heavy (non-hydrogen) atoms. The van der Waals surface area contributed by atoms with E-state index in [4.69, 9.17) is 44.6 Å². The molecule has 0 saturated carbocycles. The fraction of sp³-hybridized carbons (Fsp3) is 0.471. The maximum absolute atomic E-state index is 12.5. The molecule has 0 aliphatic rings. The molecule has 0 saturated heterocycles. The topological polar surface area (TPSA) is 89.9 Å². The summed E-state index contributed by atoms with van der Waals surface area (Å²) in [4.78, 5) is 34.6. The molecule has 0 radical (unpaired) electrons. The Bertz CT molecular complexity index is 730. The van der Waals surface area contributed by atoms with Crippen molar-refractivity contribution < 1.29 is 29.0 Å². The van der Waals surface area contributed by atoms with Crippen LogP contribution in [0.25, 0.3) is 0 Å². The quantitative estimate of drug-likeness (QED) is 0.303. The summed E-state index contributed by atoms with van der Waals surface area (Å²) in [5, 5.41) is 8.12. The van der Waals surface area contributed by atoms with E-state index < -0.39 is 29.2 Å². The largest absolute Gasteiger partial charge is 0.473 e.